The van der Waals surface area contributed by atoms with E-state index in [0.29, 0.717) is 23.8 Å². The minimum absolute atomic E-state index is 0.159. The summed E-state index contributed by atoms with van der Waals surface area (Å²) < 4.78 is 5.47. The Bertz CT molecular complexity index is 1570. The van der Waals surface area contributed by atoms with E-state index in [4.69, 9.17) is 4.74 Å². The molecule has 7 heteroatoms. The largest absolute Gasteiger partial charge is 0.497 e. The van der Waals surface area contributed by atoms with Crippen molar-refractivity contribution in [3.63, 3.8) is 0 Å². The standard InChI is InChI=1S/C34H40N4O3/c1-21(2)28-17-26(24-12-8-14-27(16-24)41-5)18-29(22(3)4)31(28)36-34(40)38(20-23-10-6-7-11-23)30-19-25-13-9-15-35-32(25)37-33(30)39/h8-9,12-19,21-23H,6-7,10-11,20H2,1-5H3,(H,36,40)(H,35,37,39). The number of H-pyrrole nitrogens is 1. The molecule has 5 rings (SSSR count). The van der Waals surface area contributed by atoms with Gasteiger partial charge in [0.05, 0.1) is 7.11 Å². The van der Waals surface area contributed by atoms with Crippen LogP contribution in [0.3, 0.4) is 0 Å². The number of pyridine rings is 2. The number of hydrogen-bond acceptors (Lipinski definition) is 4. The Morgan fingerprint density at radius 1 is 1.00 bits per heavy atom. The van der Waals surface area contributed by atoms with Crippen molar-refractivity contribution >= 4 is 28.4 Å². The second-order valence-corrected chi connectivity index (χ2v) is 11.7. The van der Waals surface area contributed by atoms with Gasteiger partial charge in [0, 0.05) is 23.8 Å². The second-order valence-electron chi connectivity index (χ2n) is 11.7. The zero-order chi connectivity index (χ0) is 29.1. The highest BCUT2D eigenvalue weighted by Crippen LogP contribution is 2.38. The number of nitrogens with zero attached hydrogens (tertiary/aromatic N) is 2. The normalized spacial score (nSPS) is 13.7. The summed E-state index contributed by atoms with van der Waals surface area (Å²) in [5.74, 6) is 1.48. The molecule has 1 fully saturated rings. The van der Waals surface area contributed by atoms with Gasteiger partial charge >= 0.3 is 6.03 Å². The number of urea groups is 1. The summed E-state index contributed by atoms with van der Waals surface area (Å²) in [6.45, 7) is 9.06. The average Bonchev–Trinajstić information content (AvgIpc) is 3.49. The first-order valence-electron chi connectivity index (χ1n) is 14.6. The number of carbonyl (C=O) groups excluding carboxylic acids is 1. The minimum Gasteiger partial charge on any atom is -0.497 e. The molecule has 7 nitrogen and oxygen atoms in total. The SMILES string of the molecule is COc1cccc(-c2cc(C(C)C)c(NC(=O)N(CC3CCCC3)c3cc4cccnc4[nH]c3=O)c(C(C)C)c2)c1. The van der Waals surface area contributed by atoms with Gasteiger partial charge in [0.1, 0.15) is 17.1 Å². The lowest BCUT2D eigenvalue weighted by Crippen LogP contribution is -2.41. The van der Waals surface area contributed by atoms with Crippen LogP contribution in [-0.2, 0) is 0 Å². The molecule has 0 saturated heterocycles. The predicted molar refractivity (Wildman–Crippen MR) is 167 cm³/mol. The highest BCUT2D eigenvalue weighted by molar-refractivity contribution is 6.03. The van der Waals surface area contributed by atoms with Crippen molar-refractivity contribution in [2.45, 2.75) is 65.2 Å². The molecule has 0 aliphatic heterocycles. The molecule has 0 radical (unpaired) electrons. The maximum absolute atomic E-state index is 14.2. The van der Waals surface area contributed by atoms with E-state index in [1.807, 2.05) is 30.3 Å². The molecule has 1 aliphatic carbocycles. The number of ether oxygens (including phenoxy) is 1. The van der Waals surface area contributed by atoms with Gasteiger partial charge in [-0.05, 0) is 95.3 Å². The molecule has 41 heavy (non-hydrogen) atoms. The van der Waals surface area contributed by atoms with E-state index in [0.717, 1.165) is 64.8 Å². The molecule has 2 N–H and O–H groups in total. The minimum atomic E-state index is -0.314. The van der Waals surface area contributed by atoms with Crippen LogP contribution in [0, 0.1) is 5.92 Å². The lowest BCUT2D eigenvalue weighted by Gasteiger charge is -2.28. The summed E-state index contributed by atoms with van der Waals surface area (Å²) in [5, 5.41) is 4.08. The third-order valence-corrected chi connectivity index (χ3v) is 8.13. The topological polar surface area (TPSA) is 87.3 Å². The molecule has 2 aromatic carbocycles. The van der Waals surface area contributed by atoms with Gasteiger partial charge in [-0.15, -0.1) is 0 Å². The van der Waals surface area contributed by atoms with Gasteiger partial charge in [-0.3, -0.25) is 9.69 Å². The fraction of sp³-hybridized carbons (Fsp3) is 0.382. The molecule has 1 aliphatic rings. The van der Waals surface area contributed by atoms with Crippen LogP contribution >= 0.6 is 0 Å². The van der Waals surface area contributed by atoms with Crippen molar-refractivity contribution in [1.29, 1.82) is 0 Å². The van der Waals surface area contributed by atoms with Crippen LogP contribution in [0.5, 0.6) is 5.75 Å². The van der Waals surface area contributed by atoms with Crippen molar-refractivity contribution in [3.8, 4) is 16.9 Å². The summed E-state index contributed by atoms with van der Waals surface area (Å²) in [4.78, 5) is 36.3. The van der Waals surface area contributed by atoms with Gasteiger partial charge in [-0.1, -0.05) is 52.7 Å². The fourth-order valence-electron chi connectivity index (χ4n) is 5.85. The van der Waals surface area contributed by atoms with Crippen molar-refractivity contribution in [3.05, 3.63) is 82.3 Å². The molecule has 0 bridgehead atoms. The molecule has 1 saturated carbocycles. The van der Waals surface area contributed by atoms with Crippen LogP contribution in [0.15, 0.2) is 65.6 Å². The molecule has 2 amide bonds. The van der Waals surface area contributed by atoms with Crippen molar-refractivity contribution in [1.82, 2.24) is 9.97 Å². The molecule has 4 aromatic rings. The monoisotopic (exact) mass is 552 g/mol. The number of aromatic amines is 1. The molecule has 0 unspecified atom stereocenters. The predicted octanol–water partition coefficient (Wildman–Crippen LogP) is 8.07. The lowest BCUT2D eigenvalue weighted by molar-refractivity contribution is 0.255. The number of aromatic nitrogens is 2. The molecular formula is C34H40N4O3. The second kappa shape index (κ2) is 12.2. The molecule has 0 spiro atoms. The van der Waals surface area contributed by atoms with Crippen molar-refractivity contribution in [2.75, 3.05) is 23.9 Å². The van der Waals surface area contributed by atoms with Crippen LogP contribution in [0.2, 0.25) is 0 Å². The van der Waals surface area contributed by atoms with E-state index in [9.17, 15) is 9.59 Å². The van der Waals surface area contributed by atoms with Gasteiger partial charge in [0.2, 0.25) is 0 Å². The number of nitrogens with one attached hydrogen (secondary N) is 2. The van der Waals surface area contributed by atoms with E-state index in [-0.39, 0.29) is 23.4 Å². The van der Waals surface area contributed by atoms with Crippen molar-refractivity contribution < 1.29 is 9.53 Å². The number of carbonyl (C=O) groups is 1. The van der Waals surface area contributed by atoms with Crippen LogP contribution < -0.4 is 20.5 Å². The number of amides is 2. The highest BCUT2D eigenvalue weighted by atomic mass is 16.5. The number of anilines is 2. The number of methoxy groups -OCH3 is 1. The summed E-state index contributed by atoms with van der Waals surface area (Å²) >= 11 is 0. The lowest BCUT2D eigenvalue weighted by atomic mass is 9.88. The Hall–Kier alpha value is -4.13. The summed E-state index contributed by atoms with van der Waals surface area (Å²) in [6.07, 6.45) is 6.07. The molecule has 2 heterocycles. The molecule has 2 aromatic heterocycles. The van der Waals surface area contributed by atoms with Gasteiger partial charge in [0.15, 0.2) is 0 Å². The van der Waals surface area contributed by atoms with Crippen molar-refractivity contribution in [2.24, 2.45) is 5.92 Å². The Morgan fingerprint density at radius 2 is 1.71 bits per heavy atom. The van der Waals surface area contributed by atoms with Crippen LogP contribution in [0.25, 0.3) is 22.2 Å². The van der Waals surface area contributed by atoms with Gasteiger partial charge in [0.25, 0.3) is 5.56 Å². The Kier molecular flexibility index (Phi) is 8.43. The smallest absolute Gasteiger partial charge is 0.326 e. The third kappa shape index (κ3) is 6.14. The van der Waals surface area contributed by atoms with Crippen LogP contribution in [-0.4, -0.2) is 29.7 Å². The molecule has 0 atom stereocenters. The first-order chi connectivity index (χ1) is 19.7. The molecular weight excluding hydrogens is 512 g/mol. The number of fused-ring (bicyclic) bond motifs is 1. The van der Waals surface area contributed by atoms with E-state index in [2.05, 4.69) is 61.2 Å². The first kappa shape index (κ1) is 28.4. The fourth-order valence-corrected chi connectivity index (χ4v) is 5.85. The summed E-state index contributed by atoms with van der Waals surface area (Å²) in [7, 11) is 1.67. The van der Waals surface area contributed by atoms with Crippen LogP contribution in [0.1, 0.15) is 76.3 Å². The summed E-state index contributed by atoms with van der Waals surface area (Å²) in [6, 6.07) is 17.6. The maximum Gasteiger partial charge on any atom is 0.326 e. The van der Waals surface area contributed by atoms with Gasteiger partial charge in [-0.2, -0.15) is 0 Å². The zero-order valence-corrected chi connectivity index (χ0v) is 24.7. The molecule has 214 valence electrons. The average molecular weight is 553 g/mol. The quantitative estimate of drug-likeness (QED) is 0.231. The van der Waals surface area contributed by atoms with E-state index in [1.165, 1.54) is 0 Å². The third-order valence-electron chi connectivity index (χ3n) is 8.13. The Balaban J connectivity index is 1.58. The Morgan fingerprint density at radius 3 is 2.37 bits per heavy atom. The number of rotatable bonds is 8. The van der Waals surface area contributed by atoms with E-state index < -0.39 is 0 Å². The van der Waals surface area contributed by atoms with Gasteiger partial charge in [-0.25, -0.2) is 9.78 Å². The Labute approximate surface area is 242 Å². The van der Waals surface area contributed by atoms with Crippen LogP contribution in [0.4, 0.5) is 16.2 Å². The van der Waals surface area contributed by atoms with Gasteiger partial charge < -0.3 is 15.0 Å². The summed E-state index contributed by atoms with van der Waals surface area (Å²) in [5.41, 5.74) is 5.62. The first-order valence-corrected chi connectivity index (χ1v) is 14.6. The van der Waals surface area contributed by atoms with E-state index >= 15 is 0 Å². The number of benzene rings is 2. The highest BCUT2D eigenvalue weighted by Gasteiger charge is 2.27. The maximum atomic E-state index is 14.2. The van der Waals surface area contributed by atoms with E-state index in [1.54, 1.807) is 24.3 Å². The zero-order valence-electron chi connectivity index (χ0n) is 24.7. The number of hydrogen-bond donors (Lipinski definition) is 2.